The third-order valence-electron chi connectivity index (χ3n) is 11.7. The summed E-state index contributed by atoms with van der Waals surface area (Å²) >= 11 is 0. The first kappa shape index (κ1) is 53.1. The van der Waals surface area contributed by atoms with Crippen molar-refractivity contribution in [2.45, 2.75) is 89.6 Å². The number of nitrogens with one attached hydrogen (secondary N) is 6. The van der Waals surface area contributed by atoms with Gasteiger partial charge in [0.2, 0.25) is 23.6 Å². The van der Waals surface area contributed by atoms with Crippen molar-refractivity contribution in [3.63, 3.8) is 0 Å². The van der Waals surface area contributed by atoms with Crippen LogP contribution in [0.5, 0.6) is 17.2 Å². The van der Waals surface area contributed by atoms with Crippen LogP contribution in [0.3, 0.4) is 0 Å². The summed E-state index contributed by atoms with van der Waals surface area (Å²) in [6, 6.07) is 12.9. The Labute approximate surface area is 411 Å². The van der Waals surface area contributed by atoms with Gasteiger partial charge in [0, 0.05) is 42.7 Å². The van der Waals surface area contributed by atoms with E-state index in [9.17, 15) is 32.4 Å². The monoisotopic (exact) mass is 996 g/mol. The molecule has 1 aromatic heterocycles. The summed E-state index contributed by atoms with van der Waals surface area (Å²) in [6.07, 6.45) is 5.58. The minimum atomic E-state index is -4.44. The molecule has 12 N–H and O–H groups in total. The second-order valence-electron chi connectivity index (χ2n) is 17.1. The molecule has 1 saturated carbocycles. The van der Waals surface area contributed by atoms with Crippen LogP contribution in [0.15, 0.2) is 60.7 Å². The van der Waals surface area contributed by atoms with E-state index in [1.165, 1.54) is 19.4 Å². The van der Waals surface area contributed by atoms with E-state index in [-0.39, 0.29) is 67.9 Å². The van der Waals surface area contributed by atoms with Gasteiger partial charge in [0.05, 0.1) is 29.1 Å². The van der Waals surface area contributed by atoms with Gasteiger partial charge in [0.25, 0.3) is 16.1 Å². The van der Waals surface area contributed by atoms with E-state index in [1.54, 1.807) is 44.2 Å². The molecule has 1 fully saturated rings. The van der Waals surface area contributed by atoms with Gasteiger partial charge < -0.3 is 52.3 Å². The summed E-state index contributed by atoms with van der Waals surface area (Å²) in [6.45, 7) is 3.88. The summed E-state index contributed by atoms with van der Waals surface area (Å²) in [5, 5.41) is 27.3. The van der Waals surface area contributed by atoms with Gasteiger partial charge in [0.15, 0.2) is 5.82 Å². The first-order chi connectivity index (χ1) is 34.0. The van der Waals surface area contributed by atoms with Crippen molar-refractivity contribution >= 4 is 39.7 Å². The average Bonchev–Trinajstić information content (AvgIpc) is 3.34. The van der Waals surface area contributed by atoms with Crippen LogP contribution < -0.4 is 62.1 Å². The zero-order valence-corrected chi connectivity index (χ0v) is 40.5. The molecule has 4 bridgehead atoms. The number of nitriles is 1. The van der Waals surface area contributed by atoms with Gasteiger partial charge in [-0.1, -0.05) is 18.6 Å². The van der Waals surface area contributed by atoms with Crippen molar-refractivity contribution in [3.8, 4) is 45.8 Å². The zero-order valence-electron chi connectivity index (χ0n) is 39.7. The van der Waals surface area contributed by atoms with Crippen LogP contribution in [-0.2, 0) is 35.8 Å². The highest BCUT2D eigenvalue weighted by molar-refractivity contribution is 7.87. The second kappa shape index (κ2) is 24.6. The number of ether oxygens (including phenoxy) is 3. The Balaban J connectivity index is 1.35. The maximum Gasteiger partial charge on any atom is 0.274 e. The molecule has 1 aliphatic heterocycles. The molecule has 0 saturated heterocycles. The number of amides is 5. The van der Waals surface area contributed by atoms with E-state index < -0.39 is 70.5 Å². The molecule has 3 aromatic carbocycles. The van der Waals surface area contributed by atoms with Crippen LogP contribution in [-0.4, -0.2) is 112 Å². The van der Waals surface area contributed by atoms with E-state index >= 15 is 0 Å². The Morgan fingerprint density at radius 3 is 2.13 bits per heavy atom. The van der Waals surface area contributed by atoms with Crippen LogP contribution >= 0.6 is 0 Å². The van der Waals surface area contributed by atoms with E-state index in [0.29, 0.717) is 39.6 Å². The van der Waals surface area contributed by atoms with E-state index in [4.69, 9.17) is 36.1 Å². The first-order valence-corrected chi connectivity index (χ1v) is 24.7. The third-order valence-corrected chi connectivity index (χ3v) is 12.3. The number of hydrogen-bond donors (Lipinski definition) is 9. The highest BCUT2D eigenvalue weighted by atomic mass is 32.2. The number of fused-ring (bicyclic) bond motifs is 5. The number of hydrogen-bond acceptors (Lipinski definition) is 15. The molecule has 23 heteroatoms. The number of aryl methyl sites for hydroxylation is 2. The summed E-state index contributed by atoms with van der Waals surface area (Å²) in [5.74, 6) is -2.61. The van der Waals surface area contributed by atoms with E-state index in [2.05, 4.69) is 36.6 Å². The minimum absolute atomic E-state index is 0.00202. The number of rotatable bonds is 18. The van der Waals surface area contributed by atoms with Gasteiger partial charge in [-0.3, -0.25) is 24.0 Å². The molecule has 0 spiro atoms. The van der Waals surface area contributed by atoms with Crippen LogP contribution in [0.2, 0.25) is 0 Å². The molecule has 0 radical (unpaired) electrons. The fourth-order valence-corrected chi connectivity index (χ4v) is 8.61. The van der Waals surface area contributed by atoms with Crippen LogP contribution in [0, 0.1) is 25.2 Å². The van der Waals surface area contributed by atoms with Crippen molar-refractivity contribution in [1.29, 1.82) is 5.26 Å². The van der Waals surface area contributed by atoms with Crippen LogP contribution in [0.25, 0.3) is 22.5 Å². The molecule has 1 aliphatic carbocycles. The highest BCUT2D eigenvalue weighted by Gasteiger charge is 2.34. The van der Waals surface area contributed by atoms with Crippen molar-refractivity contribution < 1.29 is 46.6 Å². The Morgan fingerprint density at radius 1 is 0.873 bits per heavy atom. The van der Waals surface area contributed by atoms with Crippen LogP contribution in [0.4, 0.5) is 0 Å². The Bertz CT molecular complexity index is 2720. The van der Waals surface area contributed by atoms with Crippen molar-refractivity contribution in [1.82, 2.24) is 41.3 Å². The molecule has 6 rings (SSSR count). The molecule has 4 unspecified atom stereocenters. The summed E-state index contributed by atoms with van der Waals surface area (Å²) in [5.41, 5.74) is 14.2. The minimum Gasteiger partial charge on any atom is -0.492 e. The van der Waals surface area contributed by atoms with Crippen molar-refractivity contribution in [2.75, 3.05) is 39.4 Å². The molecule has 71 heavy (non-hydrogen) atoms. The maximum absolute atomic E-state index is 14.5. The number of carbonyl (C=O) groups excluding carboxylic acids is 5. The number of aromatic nitrogens is 2. The molecule has 4 aromatic rings. The number of carbonyl (C=O) groups is 5. The SMILES string of the molecule is Cc1nc(-c2ccc(OC3CCCCC3)cc2)nc(C)c1C(=O)NC(CNS(N)(=O)=O)C(=O)NC1C(=O)NC(C)C(=O)NC(C(=O)NCC#N)Cc2ccc(OCCN)c(c2)-c2cc1ccc2OCCN. The zero-order chi connectivity index (χ0) is 51.2. The molecule has 5 amide bonds. The summed E-state index contributed by atoms with van der Waals surface area (Å²) < 4.78 is 44.7. The Kier molecular flexibility index (Phi) is 18.4. The normalized spacial score (nSPS) is 17.8. The lowest BCUT2D eigenvalue weighted by atomic mass is 9.94. The lowest BCUT2D eigenvalue weighted by molar-refractivity contribution is -0.133. The number of nitrogens with two attached hydrogens (primary N) is 3. The van der Waals surface area contributed by atoms with E-state index in [1.807, 2.05) is 35.1 Å². The maximum atomic E-state index is 14.5. The van der Waals surface area contributed by atoms with Crippen molar-refractivity contribution in [2.24, 2.45) is 16.6 Å². The number of nitrogens with zero attached hydrogens (tertiary/aromatic N) is 3. The van der Waals surface area contributed by atoms with E-state index in [0.717, 1.165) is 31.4 Å². The molecular weight excluding hydrogens is 937 g/mol. The Morgan fingerprint density at radius 2 is 1.51 bits per heavy atom. The fraction of sp³-hybridized carbons (Fsp3) is 0.417. The predicted molar refractivity (Wildman–Crippen MR) is 261 cm³/mol. The quantitative estimate of drug-likeness (QED) is 0.0621. The van der Waals surface area contributed by atoms with Gasteiger partial charge in [-0.05, 0) is 106 Å². The van der Waals surface area contributed by atoms with Gasteiger partial charge >= 0.3 is 0 Å². The first-order valence-electron chi connectivity index (χ1n) is 23.2. The standard InChI is InChI=1S/C48H60N12O10S/c1-27-41(28(2)56-43(55-27)31-10-13-34(14-11-31)70-33-7-5-4-6-8-33)47(64)59-38(26-54-71(52,66)67)46(63)60-42-32-12-16-40(69-22-19-51)36(25-32)35-23-30(9-15-39(35)68-21-18-50)24-37(45(62)53-20-17-49)58-44(61)29(3)57-48(42)65/h9-16,23,25,29,33,37-38,42,54H,4-8,18-22,24,26,50-51H2,1-3H3,(H,53,62)(H,57,65)(H,58,61)(H,59,64)(H,60,63)(H2,52,66,67). The largest absolute Gasteiger partial charge is 0.492 e. The highest BCUT2D eigenvalue weighted by Crippen LogP contribution is 2.39. The Hall–Kier alpha value is -7.23. The molecule has 2 heterocycles. The molecule has 4 atom stereocenters. The topological polar surface area (TPSA) is 347 Å². The molecule has 2 aliphatic rings. The third kappa shape index (κ3) is 14.4. The molecule has 22 nitrogen and oxygen atoms in total. The predicted octanol–water partition coefficient (Wildman–Crippen LogP) is 0.748. The molecular formula is C48H60N12O10S. The molecule has 378 valence electrons. The fourth-order valence-electron chi connectivity index (χ4n) is 8.21. The summed E-state index contributed by atoms with van der Waals surface area (Å²) in [7, 11) is -4.44. The summed E-state index contributed by atoms with van der Waals surface area (Å²) in [4.78, 5) is 79.3. The lowest BCUT2D eigenvalue weighted by Gasteiger charge is -2.27. The lowest BCUT2D eigenvalue weighted by Crippen LogP contribution is -2.57. The van der Waals surface area contributed by atoms with Gasteiger partial charge in [-0.15, -0.1) is 0 Å². The van der Waals surface area contributed by atoms with Gasteiger partial charge in [-0.25, -0.2) is 15.1 Å². The van der Waals surface area contributed by atoms with Crippen molar-refractivity contribution in [3.05, 3.63) is 88.7 Å². The second-order valence-corrected chi connectivity index (χ2v) is 18.5. The van der Waals surface area contributed by atoms with Gasteiger partial charge in [-0.2, -0.15) is 18.4 Å². The van der Waals surface area contributed by atoms with Crippen LogP contribution in [0.1, 0.15) is 77.9 Å². The number of benzene rings is 3. The van der Waals surface area contributed by atoms with Gasteiger partial charge in [0.1, 0.15) is 61.2 Å². The smallest absolute Gasteiger partial charge is 0.274 e. The average molecular weight is 997 g/mol.